The number of nitrogens with zero attached hydrogens (tertiary/aromatic N) is 5. The summed E-state index contributed by atoms with van der Waals surface area (Å²) in [5.41, 5.74) is -0.302. The van der Waals surface area contributed by atoms with Gasteiger partial charge in [-0.05, 0) is 88.6 Å². The van der Waals surface area contributed by atoms with Gasteiger partial charge in [-0.15, -0.1) is 0 Å². The number of halogens is 2. The summed E-state index contributed by atoms with van der Waals surface area (Å²) >= 11 is 3.29. The molecule has 3 aliphatic rings. The van der Waals surface area contributed by atoms with Crippen molar-refractivity contribution < 1.29 is 18.7 Å². The molecule has 2 saturated heterocycles. The van der Waals surface area contributed by atoms with Crippen LogP contribution in [0.5, 0.6) is 6.01 Å². The van der Waals surface area contributed by atoms with Crippen molar-refractivity contribution in [2.45, 2.75) is 70.2 Å². The van der Waals surface area contributed by atoms with E-state index in [1.165, 1.54) is 0 Å². The van der Waals surface area contributed by atoms with E-state index in [1.807, 2.05) is 31.7 Å². The third kappa shape index (κ3) is 4.86. The van der Waals surface area contributed by atoms with E-state index in [2.05, 4.69) is 44.8 Å². The summed E-state index contributed by atoms with van der Waals surface area (Å²) in [5.74, 6) is 0.634. The largest absolute Gasteiger partial charge is 0.463 e. The number of carbonyl (C=O) groups is 1. The van der Waals surface area contributed by atoms with Crippen LogP contribution >= 0.6 is 15.9 Å². The summed E-state index contributed by atoms with van der Waals surface area (Å²) in [7, 11) is 4.17. The zero-order valence-electron chi connectivity index (χ0n) is 21.6. The number of amides is 1. The molecule has 4 atom stereocenters. The average molecular weight is 565 g/mol. The Morgan fingerprint density at radius 1 is 1.14 bits per heavy atom. The molecule has 1 aromatic carbocycles. The molecule has 196 valence electrons. The molecule has 2 aromatic rings. The Bertz CT molecular complexity index is 1140. The van der Waals surface area contributed by atoms with Crippen molar-refractivity contribution in [3.63, 3.8) is 0 Å². The second-order valence-electron chi connectivity index (χ2n) is 11.4. The minimum atomic E-state index is -0.542. The SMILES string of the molecule is CN(C)C1CCC1COc1nc(N2CC3CCC(C2)N3C(=O)OC(C)(C)C)c2ccc(Br)c(F)c2n1. The van der Waals surface area contributed by atoms with E-state index in [4.69, 9.17) is 14.5 Å². The minimum absolute atomic E-state index is 0.0177. The van der Waals surface area contributed by atoms with Gasteiger partial charge in [-0.3, -0.25) is 4.90 Å². The van der Waals surface area contributed by atoms with Crippen LogP contribution in [0.3, 0.4) is 0 Å². The lowest BCUT2D eigenvalue weighted by molar-refractivity contribution is 0.0122. The molecule has 2 bridgehead atoms. The van der Waals surface area contributed by atoms with Crippen LogP contribution in [0.15, 0.2) is 16.6 Å². The third-order valence-corrected chi connectivity index (χ3v) is 8.18. The topological polar surface area (TPSA) is 71.0 Å². The molecule has 3 heterocycles. The minimum Gasteiger partial charge on any atom is -0.463 e. The Kier molecular flexibility index (Phi) is 6.78. The van der Waals surface area contributed by atoms with Crippen molar-refractivity contribution in [3.05, 3.63) is 22.4 Å². The van der Waals surface area contributed by atoms with E-state index < -0.39 is 11.4 Å². The molecule has 10 heteroatoms. The van der Waals surface area contributed by atoms with Gasteiger partial charge in [0.2, 0.25) is 0 Å². The van der Waals surface area contributed by atoms with Crippen LogP contribution in [-0.4, -0.2) is 83.4 Å². The van der Waals surface area contributed by atoms with E-state index >= 15 is 4.39 Å². The van der Waals surface area contributed by atoms with Crippen LogP contribution in [-0.2, 0) is 4.74 Å². The van der Waals surface area contributed by atoms with Gasteiger partial charge in [0.25, 0.3) is 0 Å². The zero-order valence-corrected chi connectivity index (χ0v) is 23.2. The first-order valence-corrected chi connectivity index (χ1v) is 13.5. The molecule has 8 nitrogen and oxygen atoms in total. The maximum atomic E-state index is 15.2. The summed E-state index contributed by atoms with van der Waals surface area (Å²) in [6.45, 7) is 7.35. The third-order valence-electron chi connectivity index (χ3n) is 7.57. The summed E-state index contributed by atoms with van der Waals surface area (Å²) < 4.78 is 27.3. The molecule has 2 aliphatic heterocycles. The molecule has 0 N–H and O–H groups in total. The smallest absolute Gasteiger partial charge is 0.410 e. The van der Waals surface area contributed by atoms with Crippen LogP contribution in [0.1, 0.15) is 46.5 Å². The van der Waals surface area contributed by atoms with Gasteiger partial charge >= 0.3 is 12.1 Å². The van der Waals surface area contributed by atoms with Crippen LogP contribution < -0.4 is 9.64 Å². The number of carbonyl (C=O) groups excluding carboxylic acids is 1. The fourth-order valence-electron chi connectivity index (χ4n) is 5.70. The second kappa shape index (κ2) is 9.59. The normalized spacial score (nSPS) is 25.9. The molecule has 1 amide bonds. The molecule has 1 aromatic heterocycles. The molecule has 4 unspecified atom stereocenters. The zero-order chi connectivity index (χ0) is 25.8. The molecule has 3 fully saturated rings. The number of hydrogen-bond donors (Lipinski definition) is 0. The highest BCUT2D eigenvalue weighted by atomic mass is 79.9. The number of ether oxygens (including phenoxy) is 2. The highest BCUT2D eigenvalue weighted by Gasteiger charge is 2.45. The van der Waals surface area contributed by atoms with Gasteiger partial charge in [-0.25, -0.2) is 9.18 Å². The maximum Gasteiger partial charge on any atom is 0.410 e. The van der Waals surface area contributed by atoms with Gasteiger partial charge in [0.1, 0.15) is 16.9 Å². The first-order chi connectivity index (χ1) is 17.0. The number of benzene rings is 1. The number of piperazine rings is 1. The maximum absolute atomic E-state index is 15.2. The Morgan fingerprint density at radius 3 is 2.42 bits per heavy atom. The van der Waals surface area contributed by atoms with E-state index in [0.29, 0.717) is 47.3 Å². The van der Waals surface area contributed by atoms with Crippen LogP contribution in [0.4, 0.5) is 15.0 Å². The highest BCUT2D eigenvalue weighted by Crippen LogP contribution is 2.38. The summed E-state index contributed by atoms with van der Waals surface area (Å²) in [6, 6.07) is 4.24. The molecule has 1 saturated carbocycles. The second-order valence-corrected chi connectivity index (χ2v) is 12.3. The van der Waals surface area contributed by atoms with Crippen LogP contribution in [0.2, 0.25) is 0 Å². The van der Waals surface area contributed by atoms with Crippen molar-refractivity contribution in [1.82, 2.24) is 19.8 Å². The Balaban J connectivity index is 1.42. The first kappa shape index (κ1) is 25.4. The highest BCUT2D eigenvalue weighted by molar-refractivity contribution is 9.10. The standard InChI is InChI=1S/C26H35BrFN5O3/c1-26(2,3)36-25(34)33-16-7-8-17(33)13-32(12-16)23-18-9-10-19(27)21(28)22(18)29-24(30-23)35-14-15-6-11-20(15)31(4)5/h9-10,15-17,20H,6-8,11-14H2,1-5H3. The number of anilines is 1. The van der Waals surface area contributed by atoms with Gasteiger partial charge in [0.15, 0.2) is 5.82 Å². The molecular formula is C26H35BrFN5O3. The Labute approximate surface area is 220 Å². The molecule has 1 aliphatic carbocycles. The lowest BCUT2D eigenvalue weighted by Gasteiger charge is -2.42. The number of rotatable bonds is 5. The molecule has 0 radical (unpaired) electrons. The van der Waals surface area contributed by atoms with Gasteiger partial charge in [-0.2, -0.15) is 9.97 Å². The number of fused-ring (bicyclic) bond motifs is 3. The number of aromatic nitrogens is 2. The average Bonchev–Trinajstić information content (AvgIpc) is 3.04. The van der Waals surface area contributed by atoms with Crippen molar-refractivity contribution in [2.24, 2.45) is 5.92 Å². The summed E-state index contributed by atoms with van der Waals surface area (Å²) in [5, 5.41) is 0.642. The van der Waals surface area contributed by atoms with Gasteiger partial charge in [0.05, 0.1) is 23.2 Å². The molecule has 5 rings (SSSR count). The van der Waals surface area contributed by atoms with E-state index in [9.17, 15) is 4.79 Å². The fourth-order valence-corrected chi connectivity index (χ4v) is 6.02. The monoisotopic (exact) mass is 563 g/mol. The lowest BCUT2D eigenvalue weighted by Crippen LogP contribution is -2.57. The summed E-state index contributed by atoms with van der Waals surface area (Å²) in [6.07, 6.45) is 3.79. The van der Waals surface area contributed by atoms with E-state index in [0.717, 1.165) is 25.7 Å². The van der Waals surface area contributed by atoms with Gasteiger partial charge in [0, 0.05) is 30.4 Å². The predicted molar refractivity (Wildman–Crippen MR) is 140 cm³/mol. The van der Waals surface area contributed by atoms with E-state index in [-0.39, 0.29) is 29.7 Å². The van der Waals surface area contributed by atoms with Crippen molar-refractivity contribution in [3.8, 4) is 6.01 Å². The molecule has 36 heavy (non-hydrogen) atoms. The quantitative estimate of drug-likeness (QED) is 0.515. The fraction of sp³-hybridized carbons (Fsp3) is 0.654. The molecule has 0 spiro atoms. The first-order valence-electron chi connectivity index (χ1n) is 12.7. The van der Waals surface area contributed by atoms with Crippen LogP contribution in [0.25, 0.3) is 10.9 Å². The Hall–Kier alpha value is -2.20. The van der Waals surface area contributed by atoms with Gasteiger partial charge in [-0.1, -0.05) is 0 Å². The van der Waals surface area contributed by atoms with Gasteiger partial charge < -0.3 is 19.3 Å². The van der Waals surface area contributed by atoms with Crippen molar-refractivity contribution in [1.29, 1.82) is 0 Å². The summed E-state index contributed by atoms with van der Waals surface area (Å²) in [4.78, 5) is 28.4. The molecular weight excluding hydrogens is 529 g/mol. The van der Waals surface area contributed by atoms with Crippen molar-refractivity contribution in [2.75, 3.05) is 38.7 Å². The lowest BCUT2D eigenvalue weighted by atomic mass is 9.79. The van der Waals surface area contributed by atoms with Crippen molar-refractivity contribution >= 4 is 38.7 Å². The van der Waals surface area contributed by atoms with Crippen LogP contribution in [0, 0.1) is 11.7 Å². The number of hydrogen-bond acceptors (Lipinski definition) is 7. The van der Waals surface area contributed by atoms with E-state index in [1.54, 1.807) is 6.07 Å². The predicted octanol–water partition coefficient (Wildman–Crippen LogP) is 4.84. The Morgan fingerprint density at radius 2 is 1.83 bits per heavy atom.